The molecule has 0 bridgehead atoms. The van der Waals surface area contributed by atoms with E-state index < -0.39 is 0 Å². The summed E-state index contributed by atoms with van der Waals surface area (Å²) in [7, 11) is 0. The van der Waals surface area contributed by atoms with Crippen LogP contribution in [0.2, 0.25) is 0 Å². The summed E-state index contributed by atoms with van der Waals surface area (Å²) in [5.41, 5.74) is 2.90. The first-order valence-corrected chi connectivity index (χ1v) is 6.25. The molecule has 0 amide bonds. The second-order valence-electron chi connectivity index (χ2n) is 4.36. The number of aryl methyl sites for hydroxylation is 1. The van der Waals surface area contributed by atoms with Crippen LogP contribution in [0.15, 0.2) is 42.5 Å². The maximum Gasteiger partial charge on any atom is 0.150 e. The maximum absolute atomic E-state index is 14.1. The van der Waals surface area contributed by atoms with Gasteiger partial charge in [0.25, 0.3) is 0 Å². The summed E-state index contributed by atoms with van der Waals surface area (Å²) in [6.07, 6.45) is 0.650. The van der Waals surface area contributed by atoms with Crippen molar-refractivity contribution in [2.45, 2.75) is 13.8 Å². The summed E-state index contributed by atoms with van der Waals surface area (Å²) in [6, 6.07) is 12.4. The van der Waals surface area contributed by atoms with Crippen LogP contribution in [0.5, 0.6) is 0 Å². The van der Waals surface area contributed by atoms with Crippen LogP contribution in [0.1, 0.15) is 22.8 Å². The number of carbonyl (C=O) groups excluding carboxylic acids is 1. The molecular weight excluding hydrogens is 241 g/mol. The molecule has 0 fully saturated rings. The number of carbonyl (C=O) groups is 1. The summed E-state index contributed by atoms with van der Waals surface area (Å²) >= 11 is 0. The van der Waals surface area contributed by atoms with Crippen LogP contribution in [0.3, 0.4) is 0 Å². The van der Waals surface area contributed by atoms with Gasteiger partial charge < -0.3 is 4.90 Å². The van der Waals surface area contributed by atoms with Crippen LogP contribution in [0.25, 0.3) is 0 Å². The molecule has 0 radical (unpaired) electrons. The monoisotopic (exact) mass is 257 g/mol. The van der Waals surface area contributed by atoms with Crippen molar-refractivity contribution in [1.29, 1.82) is 0 Å². The highest BCUT2D eigenvalue weighted by Crippen LogP contribution is 2.30. The fraction of sp³-hybridized carbons (Fsp3) is 0.188. The highest BCUT2D eigenvalue weighted by atomic mass is 19.1. The third-order valence-electron chi connectivity index (χ3n) is 3.12. The van der Waals surface area contributed by atoms with Gasteiger partial charge in [0.1, 0.15) is 12.1 Å². The van der Waals surface area contributed by atoms with E-state index in [1.54, 1.807) is 12.1 Å². The first-order chi connectivity index (χ1) is 9.17. The van der Waals surface area contributed by atoms with Crippen LogP contribution in [0, 0.1) is 12.7 Å². The van der Waals surface area contributed by atoms with Gasteiger partial charge in [-0.3, -0.25) is 4.79 Å². The number of anilines is 2. The zero-order chi connectivity index (χ0) is 13.8. The molecule has 0 heterocycles. The van der Waals surface area contributed by atoms with Crippen LogP contribution in [0.4, 0.5) is 15.8 Å². The van der Waals surface area contributed by atoms with Gasteiger partial charge in [0.15, 0.2) is 0 Å². The van der Waals surface area contributed by atoms with Crippen LogP contribution in [-0.4, -0.2) is 12.8 Å². The molecule has 0 spiro atoms. The summed E-state index contributed by atoms with van der Waals surface area (Å²) in [6.45, 7) is 4.62. The molecule has 19 heavy (non-hydrogen) atoms. The van der Waals surface area contributed by atoms with Crippen LogP contribution >= 0.6 is 0 Å². The second-order valence-corrected chi connectivity index (χ2v) is 4.36. The topological polar surface area (TPSA) is 20.3 Å². The van der Waals surface area contributed by atoms with E-state index in [1.165, 1.54) is 6.07 Å². The van der Waals surface area contributed by atoms with E-state index in [0.29, 0.717) is 24.1 Å². The van der Waals surface area contributed by atoms with Gasteiger partial charge in [0.2, 0.25) is 0 Å². The number of rotatable bonds is 4. The second kappa shape index (κ2) is 5.65. The molecule has 2 nitrogen and oxygen atoms in total. The first-order valence-electron chi connectivity index (χ1n) is 6.25. The average molecular weight is 257 g/mol. The van der Waals surface area contributed by atoms with Crippen molar-refractivity contribution in [3.8, 4) is 0 Å². The summed E-state index contributed by atoms with van der Waals surface area (Å²) < 4.78 is 14.1. The van der Waals surface area contributed by atoms with E-state index in [1.807, 2.05) is 43.0 Å². The normalized spacial score (nSPS) is 10.3. The molecule has 0 N–H and O–H groups in total. The van der Waals surface area contributed by atoms with Crippen molar-refractivity contribution in [3.63, 3.8) is 0 Å². The molecule has 2 aromatic carbocycles. The fourth-order valence-corrected chi connectivity index (χ4v) is 2.15. The van der Waals surface area contributed by atoms with Crippen LogP contribution < -0.4 is 4.90 Å². The molecule has 0 aliphatic rings. The molecule has 3 heteroatoms. The summed E-state index contributed by atoms with van der Waals surface area (Å²) in [4.78, 5) is 12.6. The highest BCUT2D eigenvalue weighted by Gasteiger charge is 2.13. The van der Waals surface area contributed by atoms with Gasteiger partial charge in [-0.1, -0.05) is 18.2 Å². The van der Waals surface area contributed by atoms with E-state index in [-0.39, 0.29) is 5.82 Å². The Kier molecular flexibility index (Phi) is 3.95. The first kappa shape index (κ1) is 13.3. The molecule has 0 aliphatic heterocycles. The Morgan fingerprint density at radius 1 is 1.16 bits per heavy atom. The van der Waals surface area contributed by atoms with Crippen LogP contribution in [-0.2, 0) is 0 Å². The predicted molar refractivity (Wildman–Crippen MR) is 75.6 cm³/mol. The molecule has 0 saturated carbocycles. The zero-order valence-electron chi connectivity index (χ0n) is 11.1. The molecule has 0 aliphatic carbocycles. The quantitative estimate of drug-likeness (QED) is 0.768. The molecule has 2 aromatic rings. The van der Waals surface area contributed by atoms with E-state index in [0.717, 1.165) is 11.3 Å². The molecule has 2 rings (SSSR count). The van der Waals surface area contributed by atoms with E-state index in [4.69, 9.17) is 0 Å². The van der Waals surface area contributed by atoms with Gasteiger partial charge in [-0.25, -0.2) is 4.39 Å². The van der Waals surface area contributed by atoms with Crippen molar-refractivity contribution in [2.24, 2.45) is 0 Å². The predicted octanol–water partition coefficient (Wildman–Crippen LogP) is 4.10. The van der Waals surface area contributed by atoms with Gasteiger partial charge in [-0.2, -0.15) is 0 Å². The lowest BCUT2D eigenvalue weighted by Crippen LogP contribution is -2.18. The van der Waals surface area contributed by atoms with Crippen molar-refractivity contribution < 1.29 is 9.18 Å². The van der Waals surface area contributed by atoms with Gasteiger partial charge in [-0.05, 0) is 43.7 Å². The number of hydrogen-bond donors (Lipinski definition) is 0. The average Bonchev–Trinajstić information content (AvgIpc) is 2.43. The third-order valence-corrected chi connectivity index (χ3v) is 3.12. The minimum absolute atomic E-state index is 0.349. The molecule has 0 saturated heterocycles. The largest absolute Gasteiger partial charge is 0.339 e. The Labute approximate surface area is 112 Å². The lowest BCUT2D eigenvalue weighted by atomic mass is 10.1. The number of para-hydroxylation sites is 1. The Balaban J connectivity index is 2.48. The van der Waals surface area contributed by atoms with E-state index >= 15 is 0 Å². The molecule has 0 atom stereocenters. The minimum atomic E-state index is -0.380. The maximum atomic E-state index is 14.1. The number of benzene rings is 2. The van der Waals surface area contributed by atoms with Crippen molar-refractivity contribution in [2.75, 3.05) is 11.4 Å². The number of nitrogens with zero attached hydrogens (tertiary/aromatic N) is 1. The third kappa shape index (κ3) is 2.65. The van der Waals surface area contributed by atoms with Gasteiger partial charge in [0, 0.05) is 17.8 Å². The van der Waals surface area contributed by atoms with E-state index in [9.17, 15) is 9.18 Å². The standard InChI is InChI=1S/C16H16FNO/c1-3-18(15-7-5-4-6-12(15)2)16-9-8-13(11-19)10-14(16)17/h4-11H,3H2,1-2H3. The Morgan fingerprint density at radius 2 is 1.89 bits per heavy atom. The van der Waals surface area contributed by atoms with E-state index in [2.05, 4.69) is 0 Å². The van der Waals surface area contributed by atoms with Gasteiger partial charge in [0.05, 0.1) is 5.69 Å². The SMILES string of the molecule is CCN(c1ccccc1C)c1ccc(C=O)cc1F. The minimum Gasteiger partial charge on any atom is -0.339 e. The number of aldehydes is 1. The summed E-state index contributed by atoms with van der Waals surface area (Å²) in [5.74, 6) is -0.380. The number of hydrogen-bond acceptors (Lipinski definition) is 2. The van der Waals surface area contributed by atoms with Crippen molar-refractivity contribution >= 4 is 17.7 Å². The number of halogens is 1. The van der Waals surface area contributed by atoms with Gasteiger partial charge >= 0.3 is 0 Å². The molecule has 98 valence electrons. The zero-order valence-corrected chi connectivity index (χ0v) is 11.1. The summed E-state index contributed by atoms with van der Waals surface area (Å²) in [5, 5.41) is 0. The fourth-order valence-electron chi connectivity index (χ4n) is 2.15. The van der Waals surface area contributed by atoms with Gasteiger partial charge in [-0.15, -0.1) is 0 Å². The highest BCUT2D eigenvalue weighted by molar-refractivity contribution is 5.77. The molecule has 0 unspecified atom stereocenters. The lowest BCUT2D eigenvalue weighted by molar-refractivity contribution is 0.112. The molecule has 0 aromatic heterocycles. The smallest absolute Gasteiger partial charge is 0.150 e. The Morgan fingerprint density at radius 3 is 2.47 bits per heavy atom. The lowest BCUT2D eigenvalue weighted by Gasteiger charge is -2.25. The Hall–Kier alpha value is -2.16. The van der Waals surface area contributed by atoms with Crippen molar-refractivity contribution in [3.05, 3.63) is 59.4 Å². The Bertz CT molecular complexity index is 595. The van der Waals surface area contributed by atoms with Crippen molar-refractivity contribution in [1.82, 2.24) is 0 Å². The molecular formula is C16H16FNO.